The van der Waals surface area contributed by atoms with Gasteiger partial charge in [0.25, 0.3) is 0 Å². The van der Waals surface area contributed by atoms with Crippen LogP contribution >= 0.6 is 0 Å². The maximum atomic E-state index is 2.49. The molecular formula is C57H48N2. The summed E-state index contributed by atoms with van der Waals surface area (Å²) in [6.45, 7) is 14.8. The number of hydrogen-bond donors (Lipinski definition) is 0. The van der Waals surface area contributed by atoms with Crippen LogP contribution < -0.4 is 9.80 Å². The quantitative estimate of drug-likeness (QED) is 0.167. The molecule has 0 saturated heterocycles. The summed E-state index contributed by atoms with van der Waals surface area (Å²) in [5.41, 5.74) is 23.2. The first-order valence-corrected chi connectivity index (χ1v) is 21.0. The topological polar surface area (TPSA) is 6.48 Å². The molecule has 0 atom stereocenters. The molecule has 0 N–H and O–H groups in total. The first-order chi connectivity index (χ1) is 28.6. The molecule has 0 aliphatic heterocycles. The number of rotatable bonds is 6. The van der Waals surface area contributed by atoms with E-state index in [1.807, 2.05) is 0 Å². The maximum absolute atomic E-state index is 2.49. The summed E-state index contributed by atoms with van der Waals surface area (Å²) in [6.07, 6.45) is 0. The van der Waals surface area contributed by atoms with E-state index in [0.29, 0.717) is 0 Å². The van der Waals surface area contributed by atoms with Crippen molar-refractivity contribution in [1.29, 1.82) is 0 Å². The van der Waals surface area contributed by atoms with Crippen LogP contribution in [0.5, 0.6) is 0 Å². The third kappa shape index (κ3) is 4.99. The molecule has 8 aromatic carbocycles. The first kappa shape index (κ1) is 35.5. The van der Waals surface area contributed by atoms with Gasteiger partial charge in [0.05, 0.1) is 0 Å². The van der Waals surface area contributed by atoms with Gasteiger partial charge in [-0.3, -0.25) is 0 Å². The van der Waals surface area contributed by atoms with Gasteiger partial charge in [0, 0.05) is 50.4 Å². The van der Waals surface area contributed by atoms with Crippen molar-refractivity contribution in [3.05, 3.63) is 215 Å². The van der Waals surface area contributed by atoms with Crippen molar-refractivity contribution >= 4 is 34.1 Å². The SMILES string of the molecule is CC1(C)c2ccccc2-c2c3c(c4c(c21)-c1ccc(N(c2ccccc2)c2ccccc2)cc1C4(C)C)C(C)(C)c1cc(N(c2ccccc2)c2ccccc2)ccc1-3. The number of fused-ring (bicyclic) bond motifs is 12. The standard InChI is InChI=1S/C57H48N2/c1-55(2)46-30-20-19-29-43(46)49-50-44-33-31-41(58(37-21-11-7-12-22-37)38-23-13-8-14-24-38)35-47(44)56(3,4)53(50)54-51(52(49)55)45-34-32-42(36-48(45)57(54,5)6)59(39-25-15-9-16-26-39)40-27-17-10-18-28-40/h7-36H,1-6H3. The van der Waals surface area contributed by atoms with E-state index in [0.717, 1.165) is 22.7 Å². The van der Waals surface area contributed by atoms with E-state index in [9.17, 15) is 0 Å². The molecule has 286 valence electrons. The van der Waals surface area contributed by atoms with Crippen LogP contribution in [0.1, 0.15) is 74.9 Å². The number of benzene rings is 8. The number of anilines is 6. The van der Waals surface area contributed by atoms with Gasteiger partial charge in [0.2, 0.25) is 0 Å². The zero-order valence-corrected chi connectivity index (χ0v) is 34.7. The Kier molecular flexibility index (Phi) is 7.63. The molecule has 0 amide bonds. The minimum absolute atomic E-state index is 0.189. The molecule has 0 heterocycles. The monoisotopic (exact) mass is 760 g/mol. The summed E-state index contributed by atoms with van der Waals surface area (Å²) in [5, 5.41) is 0. The van der Waals surface area contributed by atoms with Gasteiger partial charge in [-0.1, -0.05) is 151 Å². The van der Waals surface area contributed by atoms with Crippen molar-refractivity contribution < 1.29 is 0 Å². The normalized spacial score (nSPS) is 15.4. The Morgan fingerprint density at radius 3 is 1.03 bits per heavy atom. The average Bonchev–Trinajstić information content (AvgIpc) is 3.74. The van der Waals surface area contributed by atoms with Crippen LogP contribution in [0.4, 0.5) is 34.1 Å². The molecule has 0 aromatic heterocycles. The molecule has 0 unspecified atom stereocenters. The van der Waals surface area contributed by atoms with E-state index in [1.54, 1.807) is 0 Å². The summed E-state index contributed by atoms with van der Waals surface area (Å²) in [7, 11) is 0. The van der Waals surface area contributed by atoms with Gasteiger partial charge >= 0.3 is 0 Å². The summed E-state index contributed by atoms with van der Waals surface area (Å²) >= 11 is 0. The molecular weight excluding hydrogens is 713 g/mol. The fraction of sp³-hybridized carbons (Fsp3) is 0.158. The Labute approximate surface area is 349 Å². The van der Waals surface area contributed by atoms with E-state index in [-0.39, 0.29) is 16.2 Å². The van der Waals surface area contributed by atoms with Crippen LogP contribution in [-0.2, 0) is 16.2 Å². The van der Waals surface area contributed by atoms with Crippen LogP contribution in [0.3, 0.4) is 0 Å². The van der Waals surface area contributed by atoms with Gasteiger partial charge in [-0.25, -0.2) is 0 Å². The van der Waals surface area contributed by atoms with E-state index >= 15 is 0 Å². The second kappa shape index (κ2) is 12.7. The van der Waals surface area contributed by atoms with Gasteiger partial charge in [-0.15, -0.1) is 0 Å². The fourth-order valence-corrected chi connectivity index (χ4v) is 11.1. The van der Waals surface area contributed by atoms with Crippen LogP contribution in [0, 0.1) is 0 Å². The van der Waals surface area contributed by atoms with Gasteiger partial charge in [0.1, 0.15) is 0 Å². The predicted octanol–water partition coefficient (Wildman–Crippen LogP) is 15.5. The zero-order valence-electron chi connectivity index (χ0n) is 34.7. The number of nitrogens with zero attached hydrogens (tertiary/aromatic N) is 2. The lowest BCUT2D eigenvalue weighted by Crippen LogP contribution is -2.26. The number of hydrogen-bond acceptors (Lipinski definition) is 2. The second-order valence-corrected chi connectivity index (χ2v) is 18.1. The minimum Gasteiger partial charge on any atom is -0.310 e. The second-order valence-electron chi connectivity index (χ2n) is 18.1. The van der Waals surface area contributed by atoms with Crippen molar-refractivity contribution in [2.75, 3.05) is 9.80 Å². The molecule has 0 bridgehead atoms. The molecule has 0 spiro atoms. The highest BCUT2D eigenvalue weighted by atomic mass is 15.1. The molecule has 2 heteroatoms. The van der Waals surface area contributed by atoms with Gasteiger partial charge < -0.3 is 9.80 Å². The number of para-hydroxylation sites is 4. The third-order valence-corrected chi connectivity index (χ3v) is 13.7. The zero-order chi connectivity index (χ0) is 40.3. The maximum Gasteiger partial charge on any atom is 0.0465 e. The fourth-order valence-electron chi connectivity index (χ4n) is 11.1. The van der Waals surface area contributed by atoms with E-state index in [2.05, 4.69) is 233 Å². The first-order valence-electron chi connectivity index (χ1n) is 21.0. The third-order valence-electron chi connectivity index (χ3n) is 13.7. The Morgan fingerprint density at radius 2 is 0.593 bits per heavy atom. The highest BCUT2D eigenvalue weighted by Crippen LogP contribution is 2.68. The Hall–Kier alpha value is -6.64. The molecule has 0 saturated carbocycles. The molecule has 2 nitrogen and oxygen atoms in total. The van der Waals surface area contributed by atoms with Crippen molar-refractivity contribution in [2.45, 2.75) is 57.8 Å². The summed E-state index contributed by atoms with van der Waals surface area (Å²) in [6, 6.07) is 66.9. The van der Waals surface area contributed by atoms with Crippen molar-refractivity contribution in [3.63, 3.8) is 0 Å². The summed E-state index contributed by atoms with van der Waals surface area (Å²) in [4.78, 5) is 4.81. The van der Waals surface area contributed by atoms with Crippen LogP contribution in [-0.4, -0.2) is 0 Å². The molecule has 3 aliphatic rings. The lowest BCUT2D eigenvalue weighted by Gasteiger charge is -2.34. The van der Waals surface area contributed by atoms with E-state index in [1.165, 1.54) is 78.1 Å². The predicted molar refractivity (Wildman–Crippen MR) is 248 cm³/mol. The molecule has 0 radical (unpaired) electrons. The van der Waals surface area contributed by atoms with E-state index in [4.69, 9.17) is 0 Å². The van der Waals surface area contributed by atoms with Gasteiger partial charge in [0.15, 0.2) is 0 Å². The van der Waals surface area contributed by atoms with E-state index < -0.39 is 0 Å². The lowest BCUT2D eigenvalue weighted by atomic mass is 9.69. The highest BCUT2D eigenvalue weighted by molar-refractivity contribution is 6.06. The average molecular weight is 761 g/mol. The summed E-state index contributed by atoms with van der Waals surface area (Å²) in [5.74, 6) is 0. The van der Waals surface area contributed by atoms with Crippen molar-refractivity contribution in [1.82, 2.24) is 0 Å². The molecule has 3 aliphatic carbocycles. The highest BCUT2D eigenvalue weighted by Gasteiger charge is 2.52. The largest absolute Gasteiger partial charge is 0.310 e. The molecule has 59 heavy (non-hydrogen) atoms. The van der Waals surface area contributed by atoms with Gasteiger partial charge in [-0.2, -0.15) is 0 Å². The van der Waals surface area contributed by atoms with Gasteiger partial charge in [-0.05, 0) is 140 Å². The Bertz CT molecular complexity index is 2860. The molecule has 0 fully saturated rings. The lowest BCUT2D eigenvalue weighted by molar-refractivity contribution is 0.598. The van der Waals surface area contributed by atoms with Crippen LogP contribution in [0.15, 0.2) is 182 Å². The Balaban J connectivity index is 1.17. The summed E-state index contributed by atoms with van der Waals surface area (Å²) < 4.78 is 0. The Morgan fingerprint density at radius 1 is 0.271 bits per heavy atom. The smallest absolute Gasteiger partial charge is 0.0465 e. The van der Waals surface area contributed by atoms with Crippen LogP contribution in [0.2, 0.25) is 0 Å². The van der Waals surface area contributed by atoms with Crippen LogP contribution in [0.25, 0.3) is 33.4 Å². The van der Waals surface area contributed by atoms with Crippen molar-refractivity contribution in [3.8, 4) is 33.4 Å². The minimum atomic E-state index is -0.275. The molecule has 8 aromatic rings. The van der Waals surface area contributed by atoms with Crippen molar-refractivity contribution in [2.24, 2.45) is 0 Å². The molecule has 11 rings (SSSR count).